The van der Waals surface area contributed by atoms with Gasteiger partial charge in [0.1, 0.15) is 0 Å². The Bertz CT molecular complexity index is 203. The maximum atomic E-state index is 6.03. The Balaban J connectivity index is 2.76. The van der Waals surface area contributed by atoms with Gasteiger partial charge in [0.05, 0.1) is 0 Å². The summed E-state index contributed by atoms with van der Waals surface area (Å²) < 4.78 is 0. The topological polar surface area (TPSA) is 26.0 Å². The molecular weight excluding hydrogens is 146 g/mol. The molecule has 2 N–H and O–H groups in total. The minimum absolute atomic E-state index is 0.284. The lowest BCUT2D eigenvalue weighted by atomic mass is 9.92. The summed E-state index contributed by atoms with van der Waals surface area (Å²) in [7, 11) is 0. The molecule has 2 atom stereocenters. The second-order valence-electron chi connectivity index (χ2n) is 3.77. The number of allylic oxidation sites excluding steroid dienone is 1. The highest BCUT2D eigenvalue weighted by atomic mass is 14.6. The van der Waals surface area contributed by atoms with Crippen molar-refractivity contribution in [1.29, 1.82) is 0 Å². The first-order valence-electron chi connectivity index (χ1n) is 4.72. The second kappa shape index (κ2) is 3.90. The van der Waals surface area contributed by atoms with E-state index in [1.54, 1.807) is 0 Å². The number of rotatable bonds is 0. The van der Waals surface area contributed by atoms with Crippen LogP contribution in [-0.2, 0) is 0 Å². The Kier molecular flexibility index (Phi) is 3.10. The van der Waals surface area contributed by atoms with E-state index in [9.17, 15) is 0 Å². The third-order valence-corrected chi connectivity index (χ3v) is 2.89. The Morgan fingerprint density at radius 3 is 2.75 bits per heavy atom. The van der Waals surface area contributed by atoms with Gasteiger partial charge in [0, 0.05) is 6.04 Å². The van der Waals surface area contributed by atoms with Crippen LogP contribution in [0.1, 0.15) is 33.1 Å². The maximum absolute atomic E-state index is 6.03. The molecule has 0 amide bonds. The average molecular weight is 165 g/mol. The van der Waals surface area contributed by atoms with Gasteiger partial charge < -0.3 is 5.73 Å². The molecule has 0 spiro atoms. The minimum Gasteiger partial charge on any atom is -0.327 e. The highest BCUT2D eigenvalue weighted by Crippen LogP contribution is 2.29. The summed E-state index contributed by atoms with van der Waals surface area (Å²) >= 11 is 0. The molecular formula is C11H19N. The van der Waals surface area contributed by atoms with Gasteiger partial charge in [0.2, 0.25) is 0 Å². The van der Waals surface area contributed by atoms with E-state index in [0.717, 1.165) is 19.3 Å². The molecule has 0 aromatic rings. The summed E-state index contributed by atoms with van der Waals surface area (Å²) in [4.78, 5) is 0. The Labute approximate surface area is 75.3 Å². The zero-order valence-electron chi connectivity index (χ0n) is 8.14. The van der Waals surface area contributed by atoms with Gasteiger partial charge in [-0.25, -0.2) is 0 Å². The normalized spacial score (nSPS) is 35.2. The van der Waals surface area contributed by atoms with Gasteiger partial charge in [-0.15, -0.1) is 0 Å². The first-order chi connectivity index (χ1) is 5.65. The van der Waals surface area contributed by atoms with Gasteiger partial charge >= 0.3 is 0 Å². The molecule has 1 saturated carbocycles. The second-order valence-corrected chi connectivity index (χ2v) is 3.77. The summed E-state index contributed by atoms with van der Waals surface area (Å²) in [5, 5.41) is 0. The van der Waals surface area contributed by atoms with E-state index < -0.39 is 0 Å². The van der Waals surface area contributed by atoms with E-state index in [-0.39, 0.29) is 6.04 Å². The van der Waals surface area contributed by atoms with Gasteiger partial charge in [-0.3, -0.25) is 0 Å². The van der Waals surface area contributed by atoms with Crippen LogP contribution in [0.15, 0.2) is 23.8 Å². The van der Waals surface area contributed by atoms with Crippen molar-refractivity contribution in [3.63, 3.8) is 0 Å². The lowest BCUT2D eigenvalue weighted by molar-refractivity contribution is 0.519. The highest BCUT2D eigenvalue weighted by molar-refractivity contribution is 5.15. The van der Waals surface area contributed by atoms with Crippen LogP contribution in [-0.4, -0.2) is 6.04 Å². The predicted molar refractivity (Wildman–Crippen MR) is 53.9 cm³/mol. The summed E-state index contributed by atoms with van der Waals surface area (Å²) in [6.07, 6.45) is 5.49. The van der Waals surface area contributed by atoms with Crippen molar-refractivity contribution in [3.8, 4) is 0 Å². The molecule has 0 saturated heterocycles. The molecule has 1 fully saturated rings. The van der Waals surface area contributed by atoms with Gasteiger partial charge in [-0.1, -0.05) is 30.7 Å². The molecule has 0 aromatic carbocycles. The van der Waals surface area contributed by atoms with E-state index >= 15 is 0 Å². The first kappa shape index (κ1) is 9.53. The molecule has 12 heavy (non-hydrogen) atoms. The number of hydrogen-bond acceptors (Lipinski definition) is 1. The van der Waals surface area contributed by atoms with Gasteiger partial charge in [-0.05, 0) is 32.1 Å². The molecule has 68 valence electrons. The SMILES string of the molecule is C=C1CC/C(=C\C)C(C)C(N)C1. The molecule has 1 aliphatic carbocycles. The quantitative estimate of drug-likeness (QED) is 0.433. The molecule has 1 aliphatic rings. The smallest absolute Gasteiger partial charge is 0.0139 e. The van der Waals surface area contributed by atoms with Crippen molar-refractivity contribution in [1.82, 2.24) is 0 Å². The zero-order valence-corrected chi connectivity index (χ0v) is 8.14. The molecule has 0 aromatic heterocycles. The Morgan fingerprint density at radius 1 is 1.50 bits per heavy atom. The van der Waals surface area contributed by atoms with Gasteiger partial charge in [0.15, 0.2) is 0 Å². The van der Waals surface area contributed by atoms with Gasteiger partial charge in [0.25, 0.3) is 0 Å². The van der Waals surface area contributed by atoms with Crippen LogP contribution in [0.5, 0.6) is 0 Å². The van der Waals surface area contributed by atoms with Crippen molar-refractivity contribution in [3.05, 3.63) is 23.8 Å². The third-order valence-electron chi connectivity index (χ3n) is 2.89. The molecule has 2 unspecified atom stereocenters. The number of hydrogen-bond donors (Lipinski definition) is 1. The molecule has 0 heterocycles. The summed E-state index contributed by atoms with van der Waals surface area (Å²) in [6, 6.07) is 0.284. The van der Waals surface area contributed by atoms with E-state index in [0.29, 0.717) is 5.92 Å². The van der Waals surface area contributed by atoms with E-state index in [1.807, 2.05) is 0 Å². The van der Waals surface area contributed by atoms with Crippen LogP contribution in [0, 0.1) is 5.92 Å². The van der Waals surface area contributed by atoms with Crippen LogP contribution >= 0.6 is 0 Å². The van der Waals surface area contributed by atoms with Crippen molar-refractivity contribution < 1.29 is 0 Å². The largest absolute Gasteiger partial charge is 0.327 e. The van der Waals surface area contributed by atoms with Gasteiger partial charge in [-0.2, -0.15) is 0 Å². The summed E-state index contributed by atoms with van der Waals surface area (Å²) in [5.41, 5.74) is 8.85. The summed E-state index contributed by atoms with van der Waals surface area (Å²) in [6.45, 7) is 8.35. The Hall–Kier alpha value is -0.560. The van der Waals surface area contributed by atoms with E-state index in [1.165, 1.54) is 11.1 Å². The van der Waals surface area contributed by atoms with Crippen molar-refractivity contribution >= 4 is 0 Å². The third kappa shape index (κ3) is 1.98. The molecule has 0 aliphatic heterocycles. The lowest BCUT2D eigenvalue weighted by Crippen LogP contribution is -2.28. The standard InChI is InChI=1S/C11H19N/c1-4-10-6-5-8(2)7-11(12)9(10)3/h4,9,11H,2,5-7,12H2,1,3H3/b10-4+. The van der Waals surface area contributed by atoms with Crippen LogP contribution in [0.4, 0.5) is 0 Å². The predicted octanol–water partition coefficient (Wildman–Crippen LogP) is 2.64. The maximum Gasteiger partial charge on any atom is 0.0139 e. The van der Waals surface area contributed by atoms with Crippen LogP contribution in [0.3, 0.4) is 0 Å². The van der Waals surface area contributed by atoms with E-state index in [2.05, 4.69) is 26.5 Å². The number of nitrogens with two attached hydrogens (primary N) is 1. The fourth-order valence-electron chi connectivity index (χ4n) is 1.84. The summed E-state index contributed by atoms with van der Waals surface area (Å²) in [5.74, 6) is 0.536. The van der Waals surface area contributed by atoms with Crippen molar-refractivity contribution in [2.24, 2.45) is 11.7 Å². The fourth-order valence-corrected chi connectivity index (χ4v) is 1.84. The zero-order chi connectivity index (χ0) is 9.14. The average Bonchev–Trinajstić information content (AvgIpc) is 2.14. The van der Waals surface area contributed by atoms with Crippen LogP contribution in [0.2, 0.25) is 0 Å². The molecule has 0 radical (unpaired) electrons. The van der Waals surface area contributed by atoms with Crippen molar-refractivity contribution in [2.45, 2.75) is 39.2 Å². The first-order valence-corrected chi connectivity index (χ1v) is 4.72. The monoisotopic (exact) mass is 165 g/mol. The lowest BCUT2D eigenvalue weighted by Gasteiger charge is -2.18. The van der Waals surface area contributed by atoms with Crippen molar-refractivity contribution in [2.75, 3.05) is 0 Å². The molecule has 0 bridgehead atoms. The van der Waals surface area contributed by atoms with E-state index in [4.69, 9.17) is 5.73 Å². The molecule has 1 rings (SSSR count). The van der Waals surface area contributed by atoms with Crippen LogP contribution < -0.4 is 5.73 Å². The molecule has 1 heteroatoms. The Morgan fingerprint density at radius 2 is 2.17 bits per heavy atom. The van der Waals surface area contributed by atoms with Crippen LogP contribution in [0.25, 0.3) is 0 Å². The fraction of sp³-hybridized carbons (Fsp3) is 0.636. The molecule has 1 nitrogen and oxygen atoms in total. The highest BCUT2D eigenvalue weighted by Gasteiger charge is 2.20. The minimum atomic E-state index is 0.284.